The Morgan fingerprint density at radius 2 is 1.68 bits per heavy atom. The summed E-state index contributed by atoms with van der Waals surface area (Å²) in [5.74, 6) is -0.539. The molecule has 0 saturated heterocycles. The van der Waals surface area contributed by atoms with Gasteiger partial charge >= 0.3 is 10.4 Å². The fourth-order valence-corrected chi connectivity index (χ4v) is 2.89. The minimum absolute atomic E-state index is 0.0622. The summed E-state index contributed by atoms with van der Waals surface area (Å²) in [5.41, 5.74) is 6.29. The number of benzene rings is 1. The van der Waals surface area contributed by atoms with E-state index in [1.54, 1.807) is 12.1 Å². The molecule has 0 radical (unpaired) electrons. The molecule has 0 heterocycles. The van der Waals surface area contributed by atoms with Crippen molar-refractivity contribution in [1.82, 2.24) is 0 Å². The molecule has 0 aromatic heterocycles. The monoisotopic (exact) mass is 309 g/mol. The lowest BCUT2D eigenvalue weighted by molar-refractivity contribution is 0.284. The predicted octanol–water partition coefficient (Wildman–Crippen LogP) is -0.219. The van der Waals surface area contributed by atoms with Crippen molar-refractivity contribution in [2.45, 2.75) is 11.3 Å². The van der Waals surface area contributed by atoms with Gasteiger partial charge in [0.25, 0.3) is 0 Å². The minimum atomic E-state index is -4.62. The maximum Gasteiger partial charge on any atom is 0.397 e. The van der Waals surface area contributed by atoms with E-state index in [2.05, 4.69) is 4.18 Å². The van der Waals surface area contributed by atoms with Gasteiger partial charge in [0.05, 0.1) is 17.3 Å². The summed E-state index contributed by atoms with van der Waals surface area (Å²) in [6.07, 6.45) is 0.645. The van der Waals surface area contributed by atoms with Crippen LogP contribution in [0.1, 0.15) is 5.56 Å². The maximum absolute atomic E-state index is 11.8. The summed E-state index contributed by atoms with van der Waals surface area (Å²) >= 11 is 0. The van der Waals surface area contributed by atoms with Crippen molar-refractivity contribution in [2.75, 3.05) is 18.9 Å². The first kappa shape index (κ1) is 16.1. The topological polar surface area (TPSA) is 124 Å². The standard InChI is InChI=1S/C10H15NO6S2/c11-6-5-9-1-3-10(4-2-9)18(12,13)8-7-17-19(14,15)16/h1-4H,5-8,11H2,(H,14,15,16). The van der Waals surface area contributed by atoms with Gasteiger partial charge in [-0.15, -0.1) is 0 Å². The second-order valence-corrected chi connectivity index (χ2v) is 6.95. The number of sulfone groups is 1. The zero-order chi connectivity index (χ0) is 14.5. The Labute approximate surface area is 112 Å². The molecule has 0 aliphatic carbocycles. The number of hydrogen-bond acceptors (Lipinski definition) is 6. The van der Waals surface area contributed by atoms with Gasteiger partial charge in [-0.3, -0.25) is 4.55 Å². The first-order valence-electron chi connectivity index (χ1n) is 5.38. The molecule has 0 fully saturated rings. The van der Waals surface area contributed by atoms with Crippen molar-refractivity contribution in [3.05, 3.63) is 29.8 Å². The predicted molar refractivity (Wildman–Crippen MR) is 68.8 cm³/mol. The molecule has 0 amide bonds. The zero-order valence-corrected chi connectivity index (χ0v) is 11.7. The number of hydrogen-bond donors (Lipinski definition) is 2. The summed E-state index contributed by atoms with van der Waals surface area (Å²) in [5, 5.41) is 0. The smallest absolute Gasteiger partial charge is 0.330 e. The second-order valence-electron chi connectivity index (χ2n) is 3.75. The molecule has 0 bridgehead atoms. The van der Waals surface area contributed by atoms with Crippen LogP contribution in [0.5, 0.6) is 0 Å². The molecule has 7 nitrogen and oxygen atoms in total. The summed E-state index contributed by atoms with van der Waals surface area (Å²) in [4.78, 5) is 0.0622. The van der Waals surface area contributed by atoms with Crippen LogP contribution in [0.25, 0.3) is 0 Å². The van der Waals surface area contributed by atoms with E-state index in [0.717, 1.165) is 5.56 Å². The lowest BCUT2D eigenvalue weighted by Gasteiger charge is -2.05. The Hall–Kier alpha value is -1.00. The van der Waals surface area contributed by atoms with E-state index in [9.17, 15) is 16.8 Å². The van der Waals surface area contributed by atoms with Gasteiger partial charge < -0.3 is 5.73 Å². The van der Waals surface area contributed by atoms with E-state index < -0.39 is 32.6 Å². The fourth-order valence-electron chi connectivity index (χ4n) is 1.40. The largest absolute Gasteiger partial charge is 0.397 e. The van der Waals surface area contributed by atoms with Gasteiger partial charge in [-0.25, -0.2) is 12.6 Å². The van der Waals surface area contributed by atoms with Crippen molar-refractivity contribution < 1.29 is 25.6 Å². The molecular formula is C10H15NO6S2. The fraction of sp³-hybridized carbons (Fsp3) is 0.400. The van der Waals surface area contributed by atoms with Crippen LogP contribution >= 0.6 is 0 Å². The van der Waals surface area contributed by atoms with Crippen molar-refractivity contribution in [1.29, 1.82) is 0 Å². The molecule has 1 aromatic rings. The molecule has 0 aliphatic rings. The van der Waals surface area contributed by atoms with Crippen LogP contribution in [0.4, 0.5) is 0 Å². The highest BCUT2D eigenvalue weighted by atomic mass is 32.3. The summed E-state index contributed by atoms with van der Waals surface area (Å²) in [6, 6.07) is 6.13. The Kier molecular flexibility index (Phi) is 5.44. The van der Waals surface area contributed by atoms with E-state index in [0.29, 0.717) is 13.0 Å². The molecule has 1 rings (SSSR count). The molecule has 0 atom stereocenters. The third kappa shape index (κ3) is 5.66. The molecule has 9 heteroatoms. The first-order chi connectivity index (χ1) is 8.74. The SMILES string of the molecule is NCCc1ccc(S(=O)(=O)CCOS(=O)(=O)O)cc1. The van der Waals surface area contributed by atoms with Gasteiger partial charge in [0, 0.05) is 0 Å². The third-order valence-corrected chi connectivity index (χ3v) is 4.46. The van der Waals surface area contributed by atoms with Gasteiger partial charge in [-0.2, -0.15) is 8.42 Å². The van der Waals surface area contributed by atoms with E-state index >= 15 is 0 Å². The lowest BCUT2D eigenvalue weighted by atomic mass is 10.2. The van der Waals surface area contributed by atoms with Gasteiger partial charge in [0.1, 0.15) is 0 Å². The van der Waals surface area contributed by atoms with E-state index in [1.165, 1.54) is 12.1 Å². The summed E-state index contributed by atoms with van der Waals surface area (Å²) < 4.78 is 56.5. The third-order valence-electron chi connectivity index (χ3n) is 2.30. The number of nitrogens with two attached hydrogens (primary N) is 1. The molecule has 3 N–H and O–H groups in total. The average molecular weight is 309 g/mol. The highest BCUT2D eigenvalue weighted by Gasteiger charge is 2.16. The first-order valence-corrected chi connectivity index (χ1v) is 8.40. The Morgan fingerprint density at radius 1 is 1.11 bits per heavy atom. The van der Waals surface area contributed by atoms with Crippen molar-refractivity contribution >= 4 is 20.2 Å². The van der Waals surface area contributed by atoms with Crippen molar-refractivity contribution in [2.24, 2.45) is 5.73 Å². The number of rotatable bonds is 7. The van der Waals surface area contributed by atoms with Gasteiger partial charge in [-0.1, -0.05) is 12.1 Å². The Balaban J connectivity index is 2.72. The Bertz CT molecular complexity index is 606. The molecule has 0 spiro atoms. The van der Waals surface area contributed by atoms with Crippen LogP contribution in [-0.2, 0) is 30.8 Å². The van der Waals surface area contributed by atoms with Crippen LogP contribution in [0.15, 0.2) is 29.2 Å². The van der Waals surface area contributed by atoms with E-state index in [-0.39, 0.29) is 4.90 Å². The molecular weight excluding hydrogens is 294 g/mol. The van der Waals surface area contributed by atoms with Crippen molar-refractivity contribution in [3.63, 3.8) is 0 Å². The Morgan fingerprint density at radius 3 is 2.16 bits per heavy atom. The highest BCUT2D eigenvalue weighted by Crippen LogP contribution is 2.13. The minimum Gasteiger partial charge on any atom is -0.330 e. The second kappa shape index (κ2) is 6.44. The van der Waals surface area contributed by atoms with Gasteiger partial charge in [-0.05, 0) is 30.7 Å². The summed E-state index contributed by atoms with van der Waals surface area (Å²) in [6.45, 7) is -0.167. The average Bonchev–Trinajstić information content (AvgIpc) is 2.28. The van der Waals surface area contributed by atoms with Crippen LogP contribution in [0, 0.1) is 0 Å². The van der Waals surface area contributed by atoms with Gasteiger partial charge in [0.2, 0.25) is 0 Å². The van der Waals surface area contributed by atoms with E-state index in [1.807, 2.05) is 0 Å². The van der Waals surface area contributed by atoms with Crippen LogP contribution < -0.4 is 5.73 Å². The molecule has 0 saturated carbocycles. The molecule has 0 unspecified atom stereocenters. The molecule has 108 valence electrons. The van der Waals surface area contributed by atoms with Crippen molar-refractivity contribution in [3.8, 4) is 0 Å². The molecule has 19 heavy (non-hydrogen) atoms. The molecule has 1 aromatic carbocycles. The maximum atomic E-state index is 11.8. The normalized spacial score (nSPS) is 12.5. The van der Waals surface area contributed by atoms with Crippen LogP contribution in [0.3, 0.4) is 0 Å². The van der Waals surface area contributed by atoms with Gasteiger partial charge in [0.15, 0.2) is 9.84 Å². The quantitative estimate of drug-likeness (QED) is 0.667. The zero-order valence-electron chi connectivity index (χ0n) is 10.0. The molecule has 0 aliphatic heterocycles. The highest BCUT2D eigenvalue weighted by molar-refractivity contribution is 7.91. The van der Waals surface area contributed by atoms with Crippen LogP contribution in [0.2, 0.25) is 0 Å². The summed E-state index contributed by atoms with van der Waals surface area (Å²) in [7, 11) is -8.27. The van der Waals surface area contributed by atoms with E-state index in [4.69, 9.17) is 10.3 Å². The lowest BCUT2D eigenvalue weighted by Crippen LogP contribution is -2.15. The van der Waals surface area contributed by atoms with Crippen LogP contribution in [-0.4, -0.2) is 40.3 Å².